The molecule has 1 aromatic carbocycles. The van der Waals surface area contributed by atoms with Crippen molar-refractivity contribution in [2.24, 2.45) is 5.73 Å². The van der Waals surface area contributed by atoms with E-state index in [0.29, 0.717) is 6.42 Å². The lowest BCUT2D eigenvalue weighted by molar-refractivity contribution is -0.139. The Kier molecular flexibility index (Phi) is 6.83. The molecule has 22 heavy (non-hydrogen) atoms. The zero-order chi connectivity index (χ0) is 16.8. The summed E-state index contributed by atoms with van der Waals surface area (Å²) in [5, 5.41) is 8.60. The third-order valence-corrected chi connectivity index (χ3v) is 3.52. The van der Waals surface area contributed by atoms with Gasteiger partial charge in [-0.3, -0.25) is 4.79 Å². The largest absolute Gasteiger partial charge is 0.508 e. The van der Waals surface area contributed by atoms with Crippen molar-refractivity contribution in [1.82, 2.24) is 0 Å². The third kappa shape index (κ3) is 6.91. The van der Waals surface area contributed by atoms with Gasteiger partial charge in [0.15, 0.2) is 0 Å². The fourth-order valence-electron chi connectivity index (χ4n) is 1.63. The molecule has 0 aromatic heterocycles. The van der Waals surface area contributed by atoms with Crippen LogP contribution in [-0.4, -0.2) is 35.5 Å². The van der Waals surface area contributed by atoms with Crippen LogP contribution in [0.1, 0.15) is 25.8 Å². The Morgan fingerprint density at radius 1 is 1.32 bits per heavy atom. The first-order valence-electron chi connectivity index (χ1n) is 6.78. The predicted octanol–water partition coefficient (Wildman–Crippen LogP) is 2.73. The molecule has 1 aromatic rings. The zero-order valence-corrected chi connectivity index (χ0v) is 14.1. The first-order valence-corrected chi connectivity index (χ1v) is 7.57. The highest BCUT2D eigenvalue weighted by molar-refractivity contribution is 9.10. The summed E-state index contributed by atoms with van der Waals surface area (Å²) in [7, 11) is 0. The number of carboxylic acid groups (broad SMARTS) is 1. The molecule has 0 amide bonds. The van der Waals surface area contributed by atoms with Crippen LogP contribution in [0.3, 0.4) is 0 Å². The third-order valence-electron chi connectivity index (χ3n) is 2.99. The normalized spacial score (nSPS) is 12.5. The summed E-state index contributed by atoms with van der Waals surface area (Å²) in [5.74, 6) is -1.23. The van der Waals surface area contributed by atoms with Crippen molar-refractivity contribution in [2.75, 3.05) is 6.61 Å². The van der Waals surface area contributed by atoms with E-state index >= 15 is 0 Å². The number of nitrogens with two attached hydrogens (primary N) is 1. The van der Waals surface area contributed by atoms with Crippen molar-refractivity contribution >= 4 is 28.1 Å². The van der Waals surface area contributed by atoms with Crippen LogP contribution in [0.15, 0.2) is 28.7 Å². The first-order chi connectivity index (χ1) is 10.2. The van der Waals surface area contributed by atoms with E-state index in [-0.39, 0.29) is 0 Å². The van der Waals surface area contributed by atoms with Crippen LogP contribution in [0.4, 0.5) is 4.79 Å². The number of aliphatic carboxylic acids is 1. The summed E-state index contributed by atoms with van der Waals surface area (Å²) in [6.45, 7) is 3.12. The van der Waals surface area contributed by atoms with E-state index in [1.165, 1.54) is 0 Å². The molecule has 6 nitrogen and oxygen atoms in total. The molecule has 1 atom stereocenters. The molecule has 0 radical (unpaired) electrons. The van der Waals surface area contributed by atoms with Crippen LogP contribution in [0, 0.1) is 0 Å². The van der Waals surface area contributed by atoms with Crippen molar-refractivity contribution in [3.8, 4) is 0 Å². The lowest BCUT2D eigenvalue weighted by Gasteiger charge is -2.24. The Labute approximate surface area is 137 Å². The highest BCUT2D eigenvalue weighted by Gasteiger charge is 2.24. The number of halogens is 1. The average molecular weight is 374 g/mol. The molecule has 1 rings (SSSR count). The number of carboxylic acids is 1. The van der Waals surface area contributed by atoms with Crippen molar-refractivity contribution in [3.05, 3.63) is 34.3 Å². The maximum absolute atomic E-state index is 11.5. The first kappa shape index (κ1) is 18.4. The molecule has 0 aliphatic heterocycles. The Morgan fingerprint density at radius 2 is 1.91 bits per heavy atom. The van der Waals surface area contributed by atoms with Gasteiger partial charge in [0.05, 0.1) is 0 Å². The number of benzene rings is 1. The van der Waals surface area contributed by atoms with E-state index < -0.39 is 30.4 Å². The molecule has 0 spiro atoms. The second-order valence-corrected chi connectivity index (χ2v) is 6.41. The second-order valence-electron chi connectivity index (χ2n) is 5.49. The molecule has 0 saturated heterocycles. The van der Waals surface area contributed by atoms with Crippen molar-refractivity contribution in [3.63, 3.8) is 0 Å². The van der Waals surface area contributed by atoms with Gasteiger partial charge >= 0.3 is 12.1 Å². The number of ether oxygens (including phenoxy) is 2. The molecule has 0 saturated carbocycles. The van der Waals surface area contributed by atoms with Gasteiger partial charge in [0.2, 0.25) is 0 Å². The molecule has 0 fully saturated rings. The van der Waals surface area contributed by atoms with Crippen LogP contribution < -0.4 is 5.73 Å². The summed E-state index contributed by atoms with van der Waals surface area (Å²) >= 11 is 3.37. The van der Waals surface area contributed by atoms with E-state index in [0.717, 1.165) is 16.5 Å². The smallest absolute Gasteiger partial charge is 0.480 e. The van der Waals surface area contributed by atoms with Gasteiger partial charge in [-0.15, -0.1) is 0 Å². The summed E-state index contributed by atoms with van der Waals surface area (Å²) in [6.07, 6.45) is 0.425. The van der Waals surface area contributed by atoms with Crippen LogP contribution in [0.25, 0.3) is 0 Å². The molecule has 0 aliphatic carbocycles. The Bertz CT molecular complexity index is 515. The summed E-state index contributed by atoms with van der Waals surface area (Å²) in [4.78, 5) is 22.1. The Hall–Kier alpha value is -1.60. The van der Waals surface area contributed by atoms with Gasteiger partial charge in [0, 0.05) is 4.47 Å². The fraction of sp³-hybridized carbons (Fsp3) is 0.467. The quantitative estimate of drug-likeness (QED) is 0.712. The van der Waals surface area contributed by atoms with E-state index in [2.05, 4.69) is 15.9 Å². The summed E-state index contributed by atoms with van der Waals surface area (Å²) in [6, 6.07) is 6.63. The van der Waals surface area contributed by atoms with E-state index in [4.69, 9.17) is 20.3 Å². The summed E-state index contributed by atoms with van der Waals surface area (Å²) in [5.41, 5.74) is 5.64. The van der Waals surface area contributed by atoms with Gasteiger partial charge in [-0.05, 0) is 44.4 Å². The van der Waals surface area contributed by atoms with Gasteiger partial charge in [-0.1, -0.05) is 28.1 Å². The van der Waals surface area contributed by atoms with Gasteiger partial charge in [-0.2, -0.15) is 0 Å². The number of aryl methyl sites for hydroxylation is 1. The topological polar surface area (TPSA) is 98.9 Å². The number of carbonyl (C=O) groups is 2. The molecule has 0 bridgehead atoms. The van der Waals surface area contributed by atoms with Crippen LogP contribution in [-0.2, 0) is 20.7 Å². The molecule has 3 N–H and O–H groups in total. The molecule has 0 heterocycles. The lowest BCUT2D eigenvalue weighted by Crippen LogP contribution is -2.37. The molecule has 0 aliphatic rings. The molecule has 0 unspecified atom stereocenters. The van der Waals surface area contributed by atoms with Crippen LogP contribution in [0.2, 0.25) is 0 Å². The Balaban J connectivity index is 2.40. The van der Waals surface area contributed by atoms with Gasteiger partial charge in [0.1, 0.15) is 18.2 Å². The molecular weight excluding hydrogens is 354 g/mol. The minimum Gasteiger partial charge on any atom is -0.480 e. The maximum Gasteiger partial charge on any atom is 0.508 e. The molecule has 122 valence electrons. The highest BCUT2D eigenvalue weighted by atomic mass is 79.9. The van der Waals surface area contributed by atoms with Gasteiger partial charge in [0.25, 0.3) is 0 Å². The van der Waals surface area contributed by atoms with Crippen LogP contribution >= 0.6 is 15.9 Å². The average Bonchev–Trinajstić information content (AvgIpc) is 2.43. The number of carbonyl (C=O) groups excluding carboxylic acids is 1. The molecular formula is C15H20BrNO5. The Morgan fingerprint density at radius 3 is 2.45 bits per heavy atom. The maximum atomic E-state index is 11.5. The standard InChI is InChI=1S/C15H20BrNO5/c1-15(2,8-7-10-3-5-11(16)6-4-10)22-14(20)21-9-12(17)13(18)19/h3-6,12H,7-9,17H2,1-2H3,(H,18,19)/t12-/m0/s1. The second kappa shape index (κ2) is 8.14. The number of rotatable bonds is 7. The van der Waals surface area contributed by atoms with E-state index in [9.17, 15) is 9.59 Å². The van der Waals surface area contributed by atoms with E-state index in [1.54, 1.807) is 13.8 Å². The summed E-state index contributed by atoms with van der Waals surface area (Å²) < 4.78 is 10.9. The zero-order valence-electron chi connectivity index (χ0n) is 12.5. The van der Waals surface area contributed by atoms with Gasteiger partial charge in [-0.25, -0.2) is 4.79 Å². The minimum absolute atomic E-state index is 0.420. The van der Waals surface area contributed by atoms with E-state index in [1.807, 2.05) is 24.3 Å². The monoisotopic (exact) mass is 373 g/mol. The van der Waals surface area contributed by atoms with Crippen molar-refractivity contribution in [1.29, 1.82) is 0 Å². The minimum atomic E-state index is -1.25. The fourth-order valence-corrected chi connectivity index (χ4v) is 1.90. The molecule has 7 heteroatoms. The van der Waals surface area contributed by atoms with Crippen LogP contribution in [0.5, 0.6) is 0 Å². The highest BCUT2D eigenvalue weighted by Crippen LogP contribution is 2.20. The SMILES string of the molecule is CC(C)(CCc1ccc(Br)cc1)OC(=O)OC[C@H](N)C(=O)O. The number of hydrogen-bond acceptors (Lipinski definition) is 5. The van der Waals surface area contributed by atoms with Crippen molar-refractivity contribution in [2.45, 2.75) is 38.3 Å². The van der Waals surface area contributed by atoms with Crippen molar-refractivity contribution < 1.29 is 24.2 Å². The predicted molar refractivity (Wildman–Crippen MR) is 84.6 cm³/mol. The van der Waals surface area contributed by atoms with Gasteiger partial charge < -0.3 is 20.3 Å². The number of hydrogen-bond donors (Lipinski definition) is 2. The lowest BCUT2D eigenvalue weighted by atomic mass is 9.99.